The van der Waals surface area contributed by atoms with E-state index in [1.54, 1.807) is 13.8 Å². The standard InChI is InChI=1S/C19H27N3O4S2/c1-7-26-19(25)15-10(4)14-17(24)21-16(22-18(14)28-15)12(6)27-8-13(23)20-11(5)9(2)3/h9,11-12H,7-8H2,1-6H3,(H,20,23)(H,21,22,24)/t11-,12-/m1/s1. The third-order valence-corrected chi connectivity index (χ3v) is 6.84. The first-order valence-corrected chi connectivity index (χ1v) is 11.1. The number of nitrogens with zero attached hydrogens (tertiary/aromatic N) is 1. The monoisotopic (exact) mass is 425 g/mol. The van der Waals surface area contributed by atoms with Gasteiger partial charge in [0.2, 0.25) is 5.91 Å². The molecule has 154 valence electrons. The number of aromatic amines is 1. The summed E-state index contributed by atoms with van der Waals surface area (Å²) >= 11 is 2.56. The number of fused-ring (bicyclic) bond motifs is 1. The molecule has 2 N–H and O–H groups in total. The third-order valence-electron chi connectivity index (χ3n) is 4.52. The van der Waals surface area contributed by atoms with Gasteiger partial charge in [0, 0.05) is 6.04 Å². The number of ether oxygens (including phenoxy) is 1. The SMILES string of the molecule is CCOC(=O)c1sc2nc([C@@H](C)SCC(=O)N[C@H](C)C(C)C)[nH]c(=O)c2c1C. The maximum Gasteiger partial charge on any atom is 0.348 e. The minimum atomic E-state index is -0.442. The Hall–Kier alpha value is -1.87. The van der Waals surface area contributed by atoms with Crippen molar-refractivity contribution in [1.29, 1.82) is 0 Å². The topological polar surface area (TPSA) is 101 Å². The highest BCUT2D eigenvalue weighted by Gasteiger charge is 2.22. The molecule has 0 saturated carbocycles. The van der Waals surface area contributed by atoms with Crippen molar-refractivity contribution in [2.24, 2.45) is 5.92 Å². The summed E-state index contributed by atoms with van der Waals surface area (Å²) < 4.78 is 5.05. The van der Waals surface area contributed by atoms with Gasteiger partial charge in [0.15, 0.2) is 0 Å². The lowest BCUT2D eigenvalue weighted by Gasteiger charge is -2.18. The fourth-order valence-corrected chi connectivity index (χ4v) is 4.32. The van der Waals surface area contributed by atoms with E-state index in [0.29, 0.717) is 32.4 Å². The number of carbonyl (C=O) groups is 2. The van der Waals surface area contributed by atoms with E-state index in [1.807, 2.05) is 13.8 Å². The van der Waals surface area contributed by atoms with Crippen LogP contribution >= 0.6 is 23.1 Å². The second-order valence-corrected chi connectivity index (χ2v) is 9.29. The number of carbonyl (C=O) groups excluding carboxylic acids is 2. The van der Waals surface area contributed by atoms with Crippen LogP contribution in [0.5, 0.6) is 0 Å². The number of hydrogen-bond donors (Lipinski definition) is 2. The minimum Gasteiger partial charge on any atom is -0.462 e. The Balaban J connectivity index is 2.17. The van der Waals surface area contributed by atoms with Gasteiger partial charge in [-0.05, 0) is 39.2 Å². The molecule has 2 atom stereocenters. The summed E-state index contributed by atoms with van der Waals surface area (Å²) in [5.74, 6) is 0.643. The van der Waals surface area contributed by atoms with E-state index in [0.717, 1.165) is 11.3 Å². The Labute approximate surface area is 172 Å². The van der Waals surface area contributed by atoms with E-state index >= 15 is 0 Å². The fraction of sp³-hybridized carbons (Fsp3) is 0.579. The van der Waals surface area contributed by atoms with E-state index in [2.05, 4.69) is 29.1 Å². The molecule has 0 aliphatic rings. The Kier molecular flexibility index (Phi) is 7.65. The van der Waals surface area contributed by atoms with Crippen LogP contribution in [0.1, 0.15) is 60.9 Å². The fourth-order valence-electron chi connectivity index (χ4n) is 2.49. The van der Waals surface area contributed by atoms with Gasteiger partial charge in [-0.2, -0.15) is 0 Å². The summed E-state index contributed by atoms with van der Waals surface area (Å²) in [5, 5.41) is 3.20. The molecule has 2 aromatic heterocycles. The number of rotatable bonds is 8. The number of aryl methyl sites for hydroxylation is 1. The predicted octanol–water partition coefficient (Wildman–Crippen LogP) is 3.42. The van der Waals surface area contributed by atoms with Crippen LogP contribution in [0.2, 0.25) is 0 Å². The van der Waals surface area contributed by atoms with Crippen LogP contribution in [0.3, 0.4) is 0 Å². The summed E-state index contributed by atoms with van der Waals surface area (Å²) in [5.41, 5.74) is 0.302. The molecule has 0 aromatic carbocycles. The first-order chi connectivity index (χ1) is 13.1. The molecule has 0 aliphatic heterocycles. The number of nitrogens with one attached hydrogen (secondary N) is 2. The van der Waals surface area contributed by atoms with E-state index in [-0.39, 0.29) is 35.1 Å². The van der Waals surface area contributed by atoms with Gasteiger partial charge in [-0.1, -0.05) is 13.8 Å². The molecular formula is C19H27N3O4S2. The Bertz CT molecular complexity index is 920. The highest BCUT2D eigenvalue weighted by atomic mass is 32.2. The number of amides is 1. The lowest BCUT2D eigenvalue weighted by Crippen LogP contribution is -2.37. The van der Waals surface area contributed by atoms with Crippen molar-refractivity contribution in [3.63, 3.8) is 0 Å². The van der Waals surface area contributed by atoms with Crippen LogP contribution in [0, 0.1) is 12.8 Å². The molecule has 2 aromatic rings. The number of hydrogen-bond acceptors (Lipinski definition) is 7. The summed E-state index contributed by atoms with van der Waals surface area (Å²) in [6.45, 7) is 11.7. The van der Waals surface area contributed by atoms with Gasteiger partial charge >= 0.3 is 5.97 Å². The zero-order valence-corrected chi connectivity index (χ0v) is 18.7. The Morgan fingerprint density at radius 2 is 1.96 bits per heavy atom. The molecule has 7 nitrogen and oxygen atoms in total. The largest absolute Gasteiger partial charge is 0.462 e. The van der Waals surface area contributed by atoms with Gasteiger partial charge in [0.25, 0.3) is 5.56 Å². The molecule has 0 saturated heterocycles. The second-order valence-electron chi connectivity index (χ2n) is 6.96. The average molecular weight is 426 g/mol. The predicted molar refractivity (Wildman–Crippen MR) is 114 cm³/mol. The van der Waals surface area contributed by atoms with E-state index in [9.17, 15) is 14.4 Å². The molecule has 1 amide bonds. The maximum atomic E-state index is 12.5. The number of thioether (sulfide) groups is 1. The molecule has 2 rings (SSSR count). The maximum absolute atomic E-state index is 12.5. The summed E-state index contributed by atoms with van der Waals surface area (Å²) in [6.07, 6.45) is 0. The minimum absolute atomic E-state index is 0.0435. The zero-order chi connectivity index (χ0) is 21.0. The molecule has 0 spiro atoms. The van der Waals surface area contributed by atoms with Crippen LogP contribution < -0.4 is 10.9 Å². The summed E-state index contributed by atoms with van der Waals surface area (Å²) in [6, 6.07) is 0.105. The Morgan fingerprint density at radius 1 is 1.29 bits per heavy atom. The van der Waals surface area contributed by atoms with E-state index in [4.69, 9.17) is 4.74 Å². The first kappa shape index (κ1) is 22.4. The van der Waals surface area contributed by atoms with E-state index < -0.39 is 5.97 Å². The summed E-state index contributed by atoms with van der Waals surface area (Å²) in [4.78, 5) is 44.9. The zero-order valence-electron chi connectivity index (χ0n) is 17.0. The molecule has 0 radical (unpaired) electrons. The van der Waals surface area contributed by atoms with Crippen molar-refractivity contribution >= 4 is 45.2 Å². The van der Waals surface area contributed by atoms with Crippen LogP contribution in [-0.4, -0.2) is 40.2 Å². The Morgan fingerprint density at radius 3 is 2.57 bits per heavy atom. The van der Waals surface area contributed by atoms with Crippen molar-refractivity contribution in [3.05, 3.63) is 26.6 Å². The van der Waals surface area contributed by atoms with Gasteiger partial charge in [-0.25, -0.2) is 9.78 Å². The highest BCUT2D eigenvalue weighted by molar-refractivity contribution is 8.00. The number of aromatic nitrogens is 2. The van der Waals surface area contributed by atoms with Crippen molar-refractivity contribution in [1.82, 2.24) is 15.3 Å². The van der Waals surface area contributed by atoms with Crippen molar-refractivity contribution in [3.8, 4) is 0 Å². The average Bonchev–Trinajstić information content (AvgIpc) is 2.96. The quantitative estimate of drug-likeness (QED) is 0.629. The molecule has 9 heteroatoms. The molecule has 2 heterocycles. The molecule has 0 bridgehead atoms. The van der Waals surface area contributed by atoms with Crippen LogP contribution in [0.25, 0.3) is 10.2 Å². The molecule has 0 fully saturated rings. The normalized spacial score (nSPS) is 13.5. The van der Waals surface area contributed by atoms with Crippen molar-refractivity contribution < 1.29 is 14.3 Å². The number of esters is 1. The third kappa shape index (κ3) is 5.14. The van der Waals surface area contributed by atoms with Crippen molar-refractivity contribution in [2.75, 3.05) is 12.4 Å². The molecule has 0 aliphatic carbocycles. The number of H-pyrrole nitrogens is 1. The van der Waals surface area contributed by atoms with Crippen molar-refractivity contribution in [2.45, 2.75) is 52.8 Å². The molecule has 28 heavy (non-hydrogen) atoms. The molecule has 0 unspecified atom stereocenters. The molecular weight excluding hydrogens is 398 g/mol. The first-order valence-electron chi connectivity index (χ1n) is 9.27. The smallest absolute Gasteiger partial charge is 0.348 e. The van der Waals surface area contributed by atoms with Crippen LogP contribution in [-0.2, 0) is 9.53 Å². The van der Waals surface area contributed by atoms with Gasteiger partial charge in [-0.15, -0.1) is 23.1 Å². The van der Waals surface area contributed by atoms with Gasteiger partial charge in [0.05, 0.1) is 23.0 Å². The lowest BCUT2D eigenvalue weighted by molar-refractivity contribution is -0.119. The summed E-state index contributed by atoms with van der Waals surface area (Å²) in [7, 11) is 0. The van der Waals surface area contributed by atoms with Gasteiger partial charge < -0.3 is 15.0 Å². The lowest BCUT2D eigenvalue weighted by atomic mass is 10.1. The number of thiophene rings is 1. The second kappa shape index (κ2) is 9.56. The van der Waals surface area contributed by atoms with E-state index in [1.165, 1.54) is 11.8 Å². The van der Waals surface area contributed by atoms with Gasteiger partial charge in [-0.3, -0.25) is 9.59 Å². The van der Waals surface area contributed by atoms with Gasteiger partial charge in [0.1, 0.15) is 15.5 Å². The van der Waals surface area contributed by atoms with Crippen LogP contribution in [0.4, 0.5) is 0 Å². The highest BCUT2D eigenvalue weighted by Crippen LogP contribution is 2.30. The van der Waals surface area contributed by atoms with Crippen LogP contribution in [0.15, 0.2) is 4.79 Å².